The molecule has 2 aliphatic carbocycles. The molecule has 2 aliphatic rings. The lowest BCUT2D eigenvalue weighted by molar-refractivity contribution is 0.651. The van der Waals surface area contributed by atoms with Gasteiger partial charge >= 0.3 is 0 Å². The van der Waals surface area contributed by atoms with Gasteiger partial charge in [-0.25, -0.2) is 4.98 Å². The van der Waals surface area contributed by atoms with Gasteiger partial charge in [0.1, 0.15) is 0 Å². The average molecular weight is 693 g/mol. The van der Waals surface area contributed by atoms with Crippen LogP contribution in [-0.4, -0.2) is 19.9 Å². The predicted molar refractivity (Wildman–Crippen MR) is 222 cm³/mol. The van der Waals surface area contributed by atoms with Crippen LogP contribution in [0.15, 0.2) is 146 Å². The molecule has 4 aromatic heterocycles. The molecule has 4 heterocycles. The Morgan fingerprint density at radius 1 is 0.407 bits per heavy atom. The molecule has 256 valence electrons. The first-order valence-electron chi connectivity index (χ1n) is 18.7. The number of hydrogen-bond acceptors (Lipinski definition) is 4. The second-order valence-electron chi connectivity index (χ2n) is 15.9. The van der Waals surface area contributed by atoms with Crippen molar-refractivity contribution in [1.82, 2.24) is 19.9 Å². The number of pyridine rings is 4. The Hall–Kier alpha value is -6.52. The first-order valence-corrected chi connectivity index (χ1v) is 18.7. The lowest BCUT2D eigenvalue weighted by Crippen LogP contribution is -2.17. The van der Waals surface area contributed by atoms with Crippen LogP contribution in [0.5, 0.6) is 0 Å². The van der Waals surface area contributed by atoms with E-state index >= 15 is 0 Å². The van der Waals surface area contributed by atoms with Crippen molar-refractivity contribution in [2.45, 2.75) is 38.5 Å². The van der Waals surface area contributed by atoms with Crippen LogP contribution in [0.3, 0.4) is 0 Å². The molecule has 0 amide bonds. The summed E-state index contributed by atoms with van der Waals surface area (Å²) < 4.78 is 0. The van der Waals surface area contributed by atoms with Gasteiger partial charge in [0.2, 0.25) is 0 Å². The van der Waals surface area contributed by atoms with Crippen LogP contribution >= 0.6 is 0 Å². The van der Waals surface area contributed by atoms with E-state index in [1.54, 1.807) is 0 Å². The van der Waals surface area contributed by atoms with Gasteiger partial charge in [-0.3, -0.25) is 15.0 Å². The van der Waals surface area contributed by atoms with Crippen molar-refractivity contribution in [2.24, 2.45) is 0 Å². The third kappa shape index (κ3) is 4.37. The lowest BCUT2D eigenvalue weighted by atomic mass is 9.79. The molecule has 0 saturated carbocycles. The summed E-state index contributed by atoms with van der Waals surface area (Å²) in [6.45, 7) is 9.29. The zero-order valence-corrected chi connectivity index (χ0v) is 30.6. The molecular formula is C50H36N4. The molecule has 0 N–H and O–H groups in total. The van der Waals surface area contributed by atoms with Gasteiger partial charge in [-0.05, 0) is 104 Å². The zero-order valence-electron chi connectivity index (χ0n) is 30.6. The van der Waals surface area contributed by atoms with Crippen molar-refractivity contribution in [2.75, 3.05) is 0 Å². The number of fused-ring (bicyclic) bond motifs is 10. The smallest absolute Gasteiger partial charge is 0.0746 e. The number of rotatable bonds is 3. The van der Waals surface area contributed by atoms with Crippen molar-refractivity contribution in [3.63, 3.8) is 0 Å². The van der Waals surface area contributed by atoms with Crippen molar-refractivity contribution in [3.8, 4) is 56.2 Å². The highest BCUT2D eigenvalue weighted by atomic mass is 14.7. The Labute approximate surface area is 314 Å². The van der Waals surface area contributed by atoms with Crippen LogP contribution in [0.1, 0.15) is 49.9 Å². The molecule has 0 spiro atoms. The third-order valence-electron chi connectivity index (χ3n) is 12.2. The van der Waals surface area contributed by atoms with E-state index < -0.39 is 0 Å². The number of hydrogen-bond donors (Lipinski definition) is 0. The van der Waals surface area contributed by atoms with Crippen LogP contribution in [0.4, 0.5) is 0 Å². The Kier molecular flexibility index (Phi) is 6.33. The predicted octanol–water partition coefficient (Wildman–Crippen LogP) is 12.3. The summed E-state index contributed by atoms with van der Waals surface area (Å²) >= 11 is 0. The van der Waals surface area contributed by atoms with E-state index in [0.29, 0.717) is 0 Å². The van der Waals surface area contributed by atoms with E-state index in [1.165, 1.54) is 54.9 Å². The maximum Gasteiger partial charge on any atom is 0.0746 e. The Morgan fingerprint density at radius 3 is 1.91 bits per heavy atom. The molecule has 0 saturated heterocycles. The summed E-state index contributed by atoms with van der Waals surface area (Å²) in [7, 11) is 0. The quantitative estimate of drug-likeness (QED) is 0.173. The third-order valence-corrected chi connectivity index (χ3v) is 12.2. The molecule has 0 fully saturated rings. The summed E-state index contributed by atoms with van der Waals surface area (Å²) in [5.41, 5.74) is 16.5. The second kappa shape index (κ2) is 11.0. The highest BCUT2D eigenvalue weighted by molar-refractivity contribution is 6.13. The fourth-order valence-corrected chi connectivity index (χ4v) is 9.23. The minimum absolute atomic E-state index is 0.129. The lowest BCUT2D eigenvalue weighted by Gasteiger charge is -2.24. The summed E-state index contributed by atoms with van der Waals surface area (Å²) in [6, 6.07) is 46.0. The summed E-state index contributed by atoms with van der Waals surface area (Å²) in [6.07, 6.45) is 5.82. The highest BCUT2D eigenvalue weighted by Gasteiger charge is 2.42. The molecular weight excluding hydrogens is 657 g/mol. The molecule has 54 heavy (non-hydrogen) atoms. The Balaban J connectivity index is 1.11. The van der Waals surface area contributed by atoms with Crippen LogP contribution in [0, 0.1) is 0 Å². The maximum absolute atomic E-state index is 5.41. The molecule has 0 radical (unpaired) electrons. The highest BCUT2D eigenvalue weighted by Crippen LogP contribution is 2.55. The van der Waals surface area contributed by atoms with E-state index in [2.05, 4.69) is 160 Å². The summed E-state index contributed by atoms with van der Waals surface area (Å²) in [4.78, 5) is 20.2. The molecule has 0 unspecified atom stereocenters. The number of nitrogens with zero attached hydrogens (tertiary/aromatic N) is 4. The minimum atomic E-state index is -0.248. The fourth-order valence-electron chi connectivity index (χ4n) is 9.23. The average Bonchev–Trinajstić information content (AvgIpc) is 3.58. The Morgan fingerprint density at radius 2 is 1.07 bits per heavy atom. The fraction of sp³-hybridized carbons (Fsp3) is 0.120. The molecule has 0 atom stereocenters. The number of aromatic nitrogens is 4. The van der Waals surface area contributed by atoms with Crippen molar-refractivity contribution < 1.29 is 0 Å². The van der Waals surface area contributed by atoms with Gasteiger partial charge in [-0.15, -0.1) is 0 Å². The van der Waals surface area contributed by atoms with Crippen molar-refractivity contribution in [1.29, 1.82) is 0 Å². The molecule has 9 aromatic rings. The second-order valence-corrected chi connectivity index (χ2v) is 15.9. The normalized spacial score (nSPS) is 14.6. The first kappa shape index (κ1) is 31.0. The minimum Gasteiger partial charge on any atom is -0.256 e. The van der Waals surface area contributed by atoms with E-state index in [0.717, 1.165) is 55.9 Å². The van der Waals surface area contributed by atoms with Crippen LogP contribution in [-0.2, 0) is 10.8 Å². The van der Waals surface area contributed by atoms with Crippen LogP contribution in [0.25, 0.3) is 88.6 Å². The maximum atomic E-state index is 5.41. The molecule has 11 rings (SSSR count). The van der Waals surface area contributed by atoms with E-state index in [1.807, 2.05) is 18.5 Å². The van der Waals surface area contributed by atoms with Gasteiger partial charge in [0.05, 0.1) is 28.3 Å². The standard InChI is InChI=1S/C50H36N4/c1-49(2)40-16-10-20-52-47(40)38-26-42-39(27-41(38)49)48-43(50(42,3)4)22-33(28-53-48)32-24-45(31-18-17-29-12-9-19-51-44(29)23-31)54-46(25-32)37-21-30-11-5-6-13-34(30)35-14-7-8-15-36(35)37/h5-28H,1-4H3. The Bertz CT molecular complexity index is 3060. The molecule has 4 heteroatoms. The molecule has 0 aliphatic heterocycles. The topological polar surface area (TPSA) is 51.6 Å². The van der Waals surface area contributed by atoms with Gasteiger partial charge in [0.15, 0.2) is 0 Å². The first-order chi connectivity index (χ1) is 26.3. The monoisotopic (exact) mass is 692 g/mol. The molecule has 0 bridgehead atoms. The summed E-state index contributed by atoms with van der Waals surface area (Å²) in [5.74, 6) is 0. The van der Waals surface area contributed by atoms with Gasteiger partial charge in [-0.2, -0.15) is 0 Å². The van der Waals surface area contributed by atoms with Gasteiger partial charge in [0, 0.05) is 62.6 Å². The van der Waals surface area contributed by atoms with E-state index in [-0.39, 0.29) is 10.8 Å². The number of benzene rings is 5. The summed E-state index contributed by atoms with van der Waals surface area (Å²) in [5, 5.41) is 5.95. The zero-order chi connectivity index (χ0) is 36.3. The largest absolute Gasteiger partial charge is 0.256 e. The van der Waals surface area contributed by atoms with Crippen molar-refractivity contribution in [3.05, 3.63) is 168 Å². The van der Waals surface area contributed by atoms with E-state index in [4.69, 9.17) is 15.0 Å². The van der Waals surface area contributed by atoms with E-state index in [9.17, 15) is 0 Å². The van der Waals surface area contributed by atoms with Gasteiger partial charge in [-0.1, -0.05) is 100 Å². The van der Waals surface area contributed by atoms with Gasteiger partial charge in [0.25, 0.3) is 0 Å². The molecule has 5 aromatic carbocycles. The van der Waals surface area contributed by atoms with Crippen LogP contribution in [0.2, 0.25) is 0 Å². The van der Waals surface area contributed by atoms with Gasteiger partial charge < -0.3 is 0 Å². The SMILES string of the molecule is CC1(C)c2cc3c(cc2-c2ncccc21)C(C)(C)c1cc(-c2cc(-c4ccc5cccnc5c4)nc(-c4cc5ccccc5c5ccccc45)c2)cnc1-3. The van der Waals surface area contributed by atoms with Crippen molar-refractivity contribution >= 4 is 32.4 Å². The van der Waals surface area contributed by atoms with Crippen LogP contribution < -0.4 is 0 Å². The molecule has 4 nitrogen and oxygen atoms in total.